The summed E-state index contributed by atoms with van der Waals surface area (Å²) in [5.41, 5.74) is 2.37. The number of halogens is 2. The van der Waals surface area contributed by atoms with Crippen molar-refractivity contribution in [1.29, 1.82) is 0 Å². The van der Waals surface area contributed by atoms with E-state index in [1.165, 1.54) is 5.56 Å². The second kappa shape index (κ2) is 10.7. The highest BCUT2D eigenvalue weighted by molar-refractivity contribution is 6.30. The average molecular weight is 570 g/mol. The lowest BCUT2D eigenvalue weighted by molar-refractivity contribution is -0.915. The third-order valence-corrected chi connectivity index (χ3v) is 7.03. The van der Waals surface area contributed by atoms with Gasteiger partial charge in [0.2, 0.25) is 6.73 Å². The normalized spacial score (nSPS) is 23.3. The molecule has 6 heteroatoms. The van der Waals surface area contributed by atoms with Gasteiger partial charge >= 0.3 is 5.97 Å². The quantitative estimate of drug-likeness (QED) is 0.291. The Morgan fingerprint density at radius 1 is 1.06 bits per heavy atom. The van der Waals surface area contributed by atoms with Crippen LogP contribution < -0.4 is 28.7 Å². The lowest BCUT2D eigenvalue weighted by Crippen LogP contribution is -3.00. The van der Waals surface area contributed by atoms with Crippen molar-refractivity contribution in [3.63, 3.8) is 0 Å². The van der Waals surface area contributed by atoms with Crippen molar-refractivity contribution in [2.75, 3.05) is 26.9 Å². The first-order valence-electron chi connectivity index (χ1n) is 11.5. The van der Waals surface area contributed by atoms with Gasteiger partial charge in [-0.15, -0.1) is 0 Å². The van der Waals surface area contributed by atoms with Crippen LogP contribution in [0.15, 0.2) is 42.5 Å². The zero-order valence-corrected chi connectivity index (χ0v) is 22.1. The van der Waals surface area contributed by atoms with Crippen molar-refractivity contribution in [1.82, 2.24) is 0 Å². The summed E-state index contributed by atoms with van der Waals surface area (Å²) in [4.78, 5) is 12.8. The third kappa shape index (κ3) is 5.26. The molecule has 2 aromatic carbocycles. The highest BCUT2D eigenvalue weighted by Gasteiger charge is 2.48. The molecule has 4 nitrogen and oxygen atoms in total. The van der Waals surface area contributed by atoms with Crippen LogP contribution in [-0.2, 0) is 9.53 Å². The number of esters is 1. The second-order valence-corrected chi connectivity index (χ2v) is 9.82. The first-order valence-corrected chi connectivity index (χ1v) is 11.9. The number of ether oxygens (including phenoxy) is 2. The summed E-state index contributed by atoms with van der Waals surface area (Å²) >= 11 is 6.37. The van der Waals surface area contributed by atoms with Crippen molar-refractivity contribution >= 4 is 17.6 Å². The summed E-state index contributed by atoms with van der Waals surface area (Å²) in [6.45, 7) is 6.44. The van der Waals surface area contributed by atoms with E-state index in [1.807, 2.05) is 30.3 Å². The molecule has 2 aliphatic heterocycles. The number of nitrogens with zero attached hydrogens (tertiary/aromatic N) is 1. The Balaban J connectivity index is 0.00000289. The van der Waals surface area contributed by atoms with E-state index in [0.717, 1.165) is 60.9 Å². The first-order chi connectivity index (χ1) is 14.9. The Labute approximate surface area is 213 Å². The minimum atomic E-state index is -0.0395. The molecular weight excluding hydrogens is 537 g/mol. The first kappa shape index (κ1) is 25.3. The fraction of sp³-hybridized carbons (Fsp3) is 0.500. The number of rotatable bonds is 7. The zero-order valence-electron chi connectivity index (χ0n) is 19.2. The molecule has 2 heterocycles. The summed E-state index contributed by atoms with van der Waals surface area (Å²) in [6, 6.07) is 14.2. The maximum Gasteiger partial charge on any atom is 0.313 e. The maximum atomic E-state index is 12.8. The SMILES string of the molecule is CCCC(CCC)C(=O)OC[N+]1(C)CC2c3ccccc3Oc3ccc(Cl)cc3C2C1.[I-]. The number of hydrogen-bond donors (Lipinski definition) is 0. The Hall–Kier alpha value is -1.31. The van der Waals surface area contributed by atoms with Crippen molar-refractivity contribution in [3.05, 3.63) is 58.6 Å². The number of likely N-dealkylation sites (N-methyl/N-ethyl adjacent to an activating group) is 1. The largest absolute Gasteiger partial charge is 1.00 e. The third-order valence-electron chi connectivity index (χ3n) is 6.80. The lowest BCUT2D eigenvalue weighted by atomic mass is 9.84. The molecule has 0 aromatic heterocycles. The molecular formula is C26H33ClINO3. The highest BCUT2D eigenvalue weighted by atomic mass is 127. The van der Waals surface area contributed by atoms with Crippen LogP contribution >= 0.6 is 11.6 Å². The van der Waals surface area contributed by atoms with Crippen LogP contribution in [0.4, 0.5) is 0 Å². The number of quaternary nitrogens is 1. The van der Waals surface area contributed by atoms with E-state index < -0.39 is 0 Å². The molecule has 0 spiro atoms. The van der Waals surface area contributed by atoms with E-state index in [1.54, 1.807) is 0 Å². The van der Waals surface area contributed by atoms with Crippen LogP contribution in [0.2, 0.25) is 5.02 Å². The van der Waals surface area contributed by atoms with Crippen molar-refractivity contribution in [2.24, 2.45) is 5.92 Å². The van der Waals surface area contributed by atoms with Crippen LogP contribution in [0.1, 0.15) is 62.5 Å². The van der Waals surface area contributed by atoms with Gasteiger partial charge in [-0.2, -0.15) is 0 Å². The molecule has 1 fully saturated rings. The number of fused-ring (bicyclic) bond motifs is 5. The fourth-order valence-corrected chi connectivity index (χ4v) is 5.51. The van der Waals surface area contributed by atoms with Gasteiger partial charge in [-0.1, -0.05) is 56.5 Å². The molecule has 1 saturated heterocycles. The summed E-state index contributed by atoms with van der Waals surface area (Å²) in [7, 11) is 2.20. The van der Waals surface area contributed by atoms with Crippen LogP contribution in [0.3, 0.4) is 0 Å². The Kier molecular flexibility index (Phi) is 8.50. The van der Waals surface area contributed by atoms with E-state index >= 15 is 0 Å². The summed E-state index contributed by atoms with van der Waals surface area (Å²) in [5, 5.41) is 0.724. The number of benzene rings is 2. The minimum Gasteiger partial charge on any atom is -1.00 e. The van der Waals surface area contributed by atoms with Gasteiger partial charge in [-0.25, -0.2) is 0 Å². The molecule has 3 unspecified atom stereocenters. The number of carbonyl (C=O) groups is 1. The van der Waals surface area contributed by atoms with Crippen LogP contribution in [0.5, 0.6) is 11.5 Å². The maximum absolute atomic E-state index is 12.8. The molecule has 0 radical (unpaired) electrons. The van der Waals surface area contributed by atoms with Crippen molar-refractivity contribution in [2.45, 2.75) is 51.4 Å². The topological polar surface area (TPSA) is 35.5 Å². The van der Waals surface area contributed by atoms with Gasteiger partial charge in [0.25, 0.3) is 0 Å². The predicted octanol–water partition coefficient (Wildman–Crippen LogP) is 3.49. The molecule has 2 aromatic rings. The summed E-state index contributed by atoms with van der Waals surface area (Å²) in [5.74, 6) is 2.33. The van der Waals surface area contributed by atoms with Gasteiger partial charge in [0.1, 0.15) is 11.5 Å². The van der Waals surface area contributed by atoms with E-state index in [9.17, 15) is 4.79 Å². The average Bonchev–Trinajstić information content (AvgIpc) is 3.05. The standard InChI is InChI=1S/C26H33ClNO3.HI/c1-4-8-18(9-5-2)26(29)30-17-28(3)15-22-20-10-6-7-11-24(20)31-25-13-12-19(27)14-21(25)23(22)16-28;/h6-7,10-14,18,22-23H,4-5,8-9,15-17H2,1-3H3;1H/q+1;/p-1. The number of likely N-dealkylation sites (tertiary alicyclic amines) is 1. The van der Waals surface area contributed by atoms with E-state index in [-0.39, 0.29) is 41.8 Å². The molecule has 174 valence electrons. The Morgan fingerprint density at radius 3 is 2.38 bits per heavy atom. The monoisotopic (exact) mass is 569 g/mol. The van der Waals surface area contributed by atoms with E-state index in [2.05, 4.69) is 33.0 Å². The van der Waals surface area contributed by atoms with E-state index in [0.29, 0.717) is 17.1 Å². The molecule has 2 aliphatic rings. The van der Waals surface area contributed by atoms with Gasteiger partial charge in [-0.05, 0) is 37.1 Å². The molecule has 0 saturated carbocycles. The van der Waals surface area contributed by atoms with Gasteiger partial charge in [0.15, 0.2) is 0 Å². The number of para-hydroxylation sites is 1. The van der Waals surface area contributed by atoms with Crippen molar-refractivity contribution in [3.8, 4) is 11.5 Å². The number of carbonyl (C=O) groups excluding carboxylic acids is 1. The molecule has 0 bridgehead atoms. The van der Waals surface area contributed by atoms with Crippen LogP contribution in [-0.4, -0.2) is 37.3 Å². The summed E-state index contributed by atoms with van der Waals surface area (Å²) < 4.78 is 12.9. The van der Waals surface area contributed by atoms with Gasteiger partial charge < -0.3 is 33.5 Å². The smallest absolute Gasteiger partial charge is 0.313 e. The van der Waals surface area contributed by atoms with Gasteiger partial charge in [0, 0.05) is 28.0 Å². The molecule has 0 N–H and O–H groups in total. The highest BCUT2D eigenvalue weighted by Crippen LogP contribution is 2.51. The van der Waals surface area contributed by atoms with Gasteiger partial charge in [0.05, 0.1) is 26.1 Å². The Bertz CT molecular complexity index is 946. The van der Waals surface area contributed by atoms with Gasteiger partial charge in [-0.3, -0.25) is 9.28 Å². The molecule has 32 heavy (non-hydrogen) atoms. The van der Waals surface area contributed by atoms with E-state index in [4.69, 9.17) is 21.1 Å². The minimum absolute atomic E-state index is 0. The predicted molar refractivity (Wildman–Crippen MR) is 124 cm³/mol. The van der Waals surface area contributed by atoms with Crippen molar-refractivity contribution < 1.29 is 42.7 Å². The second-order valence-electron chi connectivity index (χ2n) is 9.39. The molecule has 3 atom stereocenters. The number of hydrogen-bond acceptors (Lipinski definition) is 3. The zero-order chi connectivity index (χ0) is 22.0. The van der Waals surface area contributed by atoms with Crippen LogP contribution in [0.25, 0.3) is 0 Å². The molecule has 0 aliphatic carbocycles. The van der Waals surface area contributed by atoms with Crippen LogP contribution in [0, 0.1) is 5.92 Å². The fourth-order valence-electron chi connectivity index (χ4n) is 5.33. The molecule has 0 amide bonds. The Morgan fingerprint density at radius 2 is 1.69 bits per heavy atom. The lowest BCUT2D eigenvalue weighted by Gasteiger charge is -2.30. The molecule has 4 rings (SSSR count). The summed E-state index contributed by atoms with van der Waals surface area (Å²) in [6.07, 6.45) is 3.81.